The van der Waals surface area contributed by atoms with Crippen LogP contribution in [0.15, 0.2) is 43.5 Å². The minimum absolute atomic E-state index is 0.152. The van der Waals surface area contributed by atoms with E-state index in [4.69, 9.17) is 14.2 Å². The predicted molar refractivity (Wildman–Crippen MR) is 103 cm³/mol. The van der Waals surface area contributed by atoms with Gasteiger partial charge in [-0.2, -0.15) is 0 Å². The van der Waals surface area contributed by atoms with Gasteiger partial charge in [-0.25, -0.2) is 0 Å². The van der Waals surface area contributed by atoms with Crippen LogP contribution >= 0.6 is 0 Å². The fraction of sp³-hybridized carbons (Fsp3) is 0.500. The first-order valence-corrected chi connectivity index (χ1v) is 9.55. The van der Waals surface area contributed by atoms with E-state index in [1.807, 2.05) is 24.3 Å². The highest BCUT2D eigenvalue weighted by Gasteiger charge is 2.20. The first-order valence-electron chi connectivity index (χ1n) is 9.55. The van der Waals surface area contributed by atoms with E-state index in [0.717, 1.165) is 30.6 Å². The maximum atomic E-state index is 12.2. The van der Waals surface area contributed by atoms with Crippen molar-refractivity contribution in [3.05, 3.63) is 49.1 Å². The quantitative estimate of drug-likeness (QED) is 0.251. The number of allylic oxidation sites excluding steroid dienone is 1. The molecule has 1 aliphatic heterocycles. The fourth-order valence-electron chi connectivity index (χ4n) is 3.00. The monoisotopic (exact) mass is 358 g/mol. The Balaban J connectivity index is 1.72. The molecule has 2 rings (SSSR count). The number of ether oxygens (including phenoxy) is 3. The van der Waals surface area contributed by atoms with Crippen molar-refractivity contribution < 1.29 is 19.0 Å². The highest BCUT2D eigenvalue weighted by atomic mass is 16.7. The molecule has 0 radical (unpaired) electrons. The van der Waals surface area contributed by atoms with Gasteiger partial charge < -0.3 is 14.2 Å². The van der Waals surface area contributed by atoms with Crippen molar-refractivity contribution in [2.45, 2.75) is 63.9 Å². The third-order valence-electron chi connectivity index (χ3n) is 4.46. The van der Waals surface area contributed by atoms with Crippen LogP contribution in [0.25, 0.3) is 0 Å². The van der Waals surface area contributed by atoms with E-state index in [1.165, 1.54) is 25.7 Å². The molecule has 1 atom stereocenters. The zero-order valence-corrected chi connectivity index (χ0v) is 15.6. The Morgan fingerprint density at radius 3 is 2.54 bits per heavy atom. The topological polar surface area (TPSA) is 44.8 Å². The summed E-state index contributed by atoms with van der Waals surface area (Å²) >= 11 is 0. The molecule has 1 aromatic rings. The SMILES string of the molecule is C=CCCCCCCCCC(=O)OC(CC=C)c1ccc2c(c1)OCO2. The highest BCUT2D eigenvalue weighted by Crippen LogP contribution is 2.36. The van der Waals surface area contributed by atoms with E-state index in [-0.39, 0.29) is 18.9 Å². The molecule has 0 saturated heterocycles. The van der Waals surface area contributed by atoms with Gasteiger partial charge in [0.25, 0.3) is 0 Å². The summed E-state index contributed by atoms with van der Waals surface area (Å²) in [7, 11) is 0. The normalized spacial score (nSPS) is 13.2. The van der Waals surface area contributed by atoms with Crippen molar-refractivity contribution in [1.82, 2.24) is 0 Å². The number of carbonyl (C=O) groups excluding carboxylic acids is 1. The zero-order valence-electron chi connectivity index (χ0n) is 15.6. The number of unbranched alkanes of at least 4 members (excludes halogenated alkanes) is 6. The molecule has 0 aliphatic carbocycles. The minimum atomic E-state index is -0.326. The van der Waals surface area contributed by atoms with Crippen molar-refractivity contribution in [3.8, 4) is 11.5 Å². The highest BCUT2D eigenvalue weighted by molar-refractivity contribution is 5.69. The molecule has 0 N–H and O–H groups in total. The molecule has 0 saturated carbocycles. The average molecular weight is 358 g/mol. The van der Waals surface area contributed by atoms with E-state index in [2.05, 4.69) is 13.2 Å². The van der Waals surface area contributed by atoms with Gasteiger partial charge in [0.05, 0.1) is 0 Å². The number of esters is 1. The van der Waals surface area contributed by atoms with Gasteiger partial charge in [-0.3, -0.25) is 4.79 Å². The smallest absolute Gasteiger partial charge is 0.306 e. The first kappa shape index (κ1) is 20.1. The van der Waals surface area contributed by atoms with Crippen LogP contribution in [-0.2, 0) is 9.53 Å². The van der Waals surface area contributed by atoms with Gasteiger partial charge in [-0.05, 0) is 37.0 Å². The summed E-state index contributed by atoms with van der Waals surface area (Å²) in [6.45, 7) is 7.74. The Kier molecular flexibility index (Phi) is 8.81. The molecule has 0 spiro atoms. The van der Waals surface area contributed by atoms with Crippen LogP contribution in [-0.4, -0.2) is 12.8 Å². The average Bonchev–Trinajstić information content (AvgIpc) is 3.11. The van der Waals surface area contributed by atoms with Crippen LogP contribution < -0.4 is 9.47 Å². The summed E-state index contributed by atoms with van der Waals surface area (Å²) in [5.41, 5.74) is 0.907. The molecular formula is C22H30O4. The second-order valence-electron chi connectivity index (χ2n) is 6.56. The van der Waals surface area contributed by atoms with Crippen LogP contribution in [0.5, 0.6) is 11.5 Å². The number of hydrogen-bond acceptors (Lipinski definition) is 4. The predicted octanol–water partition coefficient (Wildman–Crippen LogP) is 5.88. The van der Waals surface area contributed by atoms with E-state index in [1.54, 1.807) is 6.08 Å². The summed E-state index contributed by atoms with van der Waals surface area (Å²) in [6, 6.07) is 5.65. The lowest BCUT2D eigenvalue weighted by Crippen LogP contribution is -2.11. The Morgan fingerprint density at radius 1 is 1.04 bits per heavy atom. The molecule has 4 heteroatoms. The molecule has 1 aliphatic rings. The molecule has 26 heavy (non-hydrogen) atoms. The van der Waals surface area contributed by atoms with Gasteiger partial charge in [0.15, 0.2) is 11.5 Å². The number of benzene rings is 1. The standard InChI is InChI=1S/C22H30O4/c1-3-5-6-7-8-9-10-11-13-22(23)26-19(12-4-2)18-14-15-20-21(16-18)25-17-24-20/h3-4,14-16,19H,1-2,5-13,17H2. The number of rotatable bonds is 13. The lowest BCUT2D eigenvalue weighted by molar-refractivity contribution is -0.149. The van der Waals surface area contributed by atoms with Gasteiger partial charge in [0.1, 0.15) is 6.10 Å². The van der Waals surface area contributed by atoms with Gasteiger partial charge in [-0.15, -0.1) is 13.2 Å². The molecule has 0 aromatic heterocycles. The maximum absolute atomic E-state index is 12.2. The Bertz CT molecular complexity index is 594. The van der Waals surface area contributed by atoms with E-state index in [0.29, 0.717) is 18.6 Å². The van der Waals surface area contributed by atoms with E-state index < -0.39 is 0 Å². The Labute approximate surface area is 156 Å². The molecule has 1 aromatic carbocycles. The van der Waals surface area contributed by atoms with Crippen LogP contribution in [0.4, 0.5) is 0 Å². The van der Waals surface area contributed by atoms with Crippen molar-refractivity contribution in [2.75, 3.05) is 6.79 Å². The minimum Gasteiger partial charge on any atom is -0.457 e. The summed E-state index contributed by atoms with van der Waals surface area (Å²) in [6.07, 6.45) is 12.3. The fourth-order valence-corrected chi connectivity index (χ4v) is 3.00. The van der Waals surface area contributed by atoms with E-state index in [9.17, 15) is 4.79 Å². The third-order valence-corrected chi connectivity index (χ3v) is 4.46. The van der Waals surface area contributed by atoms with Gasteiger partial charge >= 0.3 is 5.97 Å². The third kappa shape index (κ3) is 6.58. The molecule has 0 bridgehead atoms. The molecule has 0 fully saturated rings. The van der Waals surface area contributed by atoms with Gasteiger partial charge in [0, 0.05) is 12.8 Å². The second-order valence-corrected chi connectivity index (χ2v) is 6.56. The van der Waals surface area contributed by atoms with Crippen LogP contribution in [0, 0.1) is 0 Å². The molecule has 1 unspecified atom stereocenters. The molecule has 0 amide bonds. The van der Waals surface area contributed by atoms with Crippen LogP contribution in [0.1, 0.15) is 69.5 Å². The Hall–Kier alpha value is -2.23. The van der Waals surface area contributed by atoms with Crippen molar-refractivity contribution in [1.29, 1.82) is 0 Å². The second kappa shape index (κ2) is 11.4. The lowest BCUT2D eigenvalue weighted by atomic mass is 10.1. The van der Waals surface area contributed by atoms with E-state index >= 15 is 0 Å². The molecule has 142 valence electrons. The van der Waals surface area contributed by atoms with Crippen molar-refractivity contribution in [3.63, 3.8) is 0 Å². The molecular weight excluding hydrogens is 328 g/mol. The summed E-state index contributed by atoms with van der Waals surface area (Å²) in [5.74, 6) is 1.27. The lowest BCUT2D eigenvalue weighted by Gasteiger charge is -2.17. The molecule has 1 heterocycles. The number of hydrogen-bond donors (Lipinski definition) is 0. The molecule has 4 nitrogen and oxygen atoms in total. The van der Waals surface area contributed by atoms with Crippen molar-refractivity contribution in [2.24, 2.45) is 0 Å². The summed E-state index contributed by atoms with van der Waals surface area (Å²) in [5, 5.41) is 0. The number of fused-ring (bicyclic) bond motifs is 1. The summed E-state index contributed by atoms with van der Waals surface area (Å²) < 4.78 is 16.4. The van der Waals surface area contributed by atoms with Crippen molar-refractivity contribution >= 4 is 5.97 Å². The summed E-state index contributed by atoms with van der Waals surface area (Å²) in [4.78, 5) is 12.2. The number of carbonyl (C=O) groups is 1. The zero-order chi connectivity index (χ0) is 18.6. The Morgan fingerprint density at radius 2 is 1.77 bits per heavy atom. The van der Waals surface area contributed by atoms with Crippen LogP contribution in [0.3, 0.4) is 0 Å². The van der Waals surface area contributed by atoms with Crippen LogP contribution in [0.2, 0.25) is 0 Å². The maximum Gasteiger partial charge on any atom is 0.306 e. The van der Waals surface area contributed by atoms with Gasteiger partial charge in [0.2, 0.25) is 6.79 Å². The van der Waals surface area contributed by atoms with Gasteiger partial charge in [-0.1, -0.05) is 43.9 Å². The largest absolute Gasteiger partial charge is 0.457 e. The first-order chi connectivity index (χ1) is 12.7.